The van der Waals surface area contributed by atoms with E-state index in [0.717, 1.165) is 10.0 Å². The van der Waals surface area contributed by atoms with Gasteiger partial charge in [0.15, 0.2) is 0 Å². The third-order valence-electron chi connectivity index (χ3n) is 3.31. The zero-order valence-electron chi connectivity index (χ0n) is 10.3. The lowest BCUT2D eigenvalue weighted by atomic mass is 10.1. The molecule has 0 radical (unpaired) electrons. The number of nitrogens with zero attached hydrogens (tertiary/aromatic N) is 1. The summed E-state index contributed by atoms with van der Waals surface area (Å²) >= 11 is 3.37. The van der Waals surface area contributed by atoms with Gasteiger partial charge in [-0.25, -0.2) is 0 Å². The van der Waals surface area contributed by atoms with Crippen LogP contribution in [0, 0.1) is 0 Å². The largest absolute Gasteiger partial charge is 0.390 e. The first-order valence-corrected chi connectivity index (χ1v) is 6.76. The van der Waals surface area contributed by atoms with Gasteiger partial charge in [-0.3, -0.25) is 4.79 Å². The second kappa shape index (κ2) is 5.82. The highest BCUT2D eigenvalue weighted by atomic mass is 79.9. The number of β-amino-alcohol motifs (C(OH)–C–C–N with tert-alkyl or cyclic N) is 1. The molecule has 0 unspecified atom stereocenters. The molecule has 18 heavy (non-hydrogen) atoms. The van der Waals surface area contributed by atoms with E-state index in [1.165, 1.54) is 0 Å². The van der Waals surface area contributed by atoms with Gasteiger partial charge in [0.25, 0.3) is 0 Å². The van der Waals surface area contributed by atoms with Crippen molar-refractivity contribution in [3.63, 3.8) is 0 Å². The summed E-state index contributed by atoms with van der Waals surface area (Å²) in [5.41, 5.74) is 0.982. The minimum atomic E-state index is -0.469. The number of rotatable bonds is 3. The second-order valence-corrected chi connectivity index (χ2v) is 5.52. The third-order valence-corrected chi connectivity index (χ3v) is 3.84. The lowest BCUT2D eigenvalue weighted by Gasteiger charge is -2.26. The van der Waals surface area contributed by atoms with Crippen LogP contribution in [0.15, 0.2) is 28.7 Å². The van der Waals surface area contributed by atoms with Gasteiger partial charge >= 0.3 is 0 Å². The molecule has 0 saturated carbocycles. The van der Waals surface area contributed by atoms with Crippen molar-refractivity contribution < 1.29 is 9.90 Å². The Morgan fingerprint density at radius 3 is 2.67 bits per heavy atom. The molecule has 0 aromatic heterocycles. The van der Waals surface area contributed by atoms with Crippen LogP contribution in [-0.4, -0.2) is 48.2 Å². The molecule has 1 aromatic rings. The highest BCUT2D eigenvalue weighted by Gasteiger charge is 2.30. The number of benzene rings is 1. The quantitative estimate of drug-likeness (QED) is 0.867. The summed E-state index contributed by atoms with van der Waals surface area (Å²) in [6.45, 7) is 1.21. The number of likely N-dealkylation sites (N-methyl/N-ethyl adjacent to an activating group) is 1. The Bertz CT molecular complexity index is 422. The van der Waals surface area contributed by atoms with Gasteiger partial charge < -0.3 is 15.3 Å². The van der Waals surface area contributed by atoms with Crippen LogP contribution in [0.3, 0.4) is 0 Å². The molecular formula is C13H17BrN2O2. The van der Waals surface area contributed by atoms with Gasteiger partial charge in [0.1, 0.15) is 0 Å². The number of amides is 1. The van der Waals surface area contributed by atoms with Crippen LogP contribution in [-0.2, 0) is 11.2 Å². The number of nitrogens with one attached hydrogen (secondary N) is 1. The van der Waals surface area contributed by atoms with E-state index in [-0.39, 0.29) is 11.9 Å². The lowest BCUT2D eigenvalue weighted by Crippen LogP contribution is -2.44. The minimum absolute atomic E-state index is 0.0325. The van der Waals surface area contributed by atoms with Gasteiger partial charge in [-0.15, -0.1) is 0 Å². The molecule has 1 aliphatic heterocycles. The van der Waals surface area contributed by atoms with Crippen LogP contribution < -0.4 is 5.32 Å². The summed E-state index contributed by atoms with van der Waals surface area (Å²) in [4.78, 5) is 13.8. The molecule has 2 rings (SSSR count). The molecule has 2 atom stereocenters. The molecule has 98 valence electrons. The maximum absolute atomic E-state index is 12.1. The first-order chi connectivity index (χ1) is 8.58. The van der Waals surface area contributed by atoms with Crippen LogP contribution in [0.5, 0.6) is 0 Å². The van der Waals surface area contributed by atoms with E-state index in [4.69, 9.17) is 0 Å². The fourth-order valence-corrected chi connectivity index (χ4v) is 2.40. The summed E-state index contributed by atoms with van der Waals surface area (Å²) in [6, 6.07) is 7.59. The molecule has 0 bridgehead atoms. The molecule has 0 spiro atoms. The van der Waals surface area contributed by atoms with Crippen LogP contribution >= 0.6 is 15.9 Å². The zero-order valence-corrected chi connectivity index (χ0v) is 11.9. The van der Waals surface area contributed by atoms with E-state index in [1.807, 2.05) is 24.3 Å². The van der Waals surface area contributed by atoms with Gasteiger partial charge in [0.2, 0.25) is 5.91 Å². The van der Waals surface area contributed by atoms with Crippen molar-refractivity contribution in [2.45, 2.75) is 18.6 Å². The van der Waals surface area contributed by atoms with Crippen molar-refractivity contribution in [3.05, 3.63) is 34.3 Å². The Hall–Kier alpha value is -0.910. The molecule has 1 heterocycles. The standard InChI is InChI=1S/C13H17BrN2O2/c1-16(11-7-15-8-12(11)17)13(18)6-9-2-4-10(14)5-3-9/h2-5,11-12,15,17H,6-8H2,1H3/t11-,12-/m1/s1. The van der Waals surface area contributed by atoms with Crippen molar-refractivity contribution in [3.8, 4) is 0 Å². The van der Waals surface area contributed by atoms with Crippen LogP contribution in [0.1, 0.15) is 5.56 Å². The summed E-state index contributed by atoms with van der Waals surface area (Å²) in [5, 5.41) is 12.8. The Morgan fingerprint density at radius 2 is 2.11 bits per heavy atom. The number of hydrogen-bond acceptors (Lipinski definition) is 3. The van der Waals surface area contributed by atoms with E-state index in [2.05, 4.69) is 21.2 Å². The first kappa shape index (κ1) is 13.5. The van der Waals surface area contributed by atoms with Crippen molar-refractivity contribution in [2.24, 2.45) is 0 Å². The van der Waals surface area contributed by atoms with Crippen molar-refractivity contribution in [1.82, 2.24) is 10.2 Å². The molecular weight excluding hydrogens is 296 g/mol. The molecule has 1 aliphatic rings. The molecule has 5 heteroatoms. The Balaban J connectivity index is 1.97. The summed E-state index contributed by atoms with van der Waals surface area (Å²) in [7, 11) is 1.75. The van der Waals surface area contributed by atoms with Gasteiger partial charge in [-0.2, -0.15) is 0 Å². The average molecular weight is 313 g/mol. The number of hydrogen-bond donors (Lipinski definition) is 2. The predicted octanol–water partition coefficient (Wildman–Crippen LogP) is 0.783. The Labute approximate surface area is 115 Å². The van der Waals surface area contributed by atoms with Crippen LogP contribution in [0.25, 0.3) is 0 Å². The molecule has 0 aliphatic carbocycles. The van der Waals surface area contributed by atoms with Gasteiger partial charge in [0.05, 0.1) is 18.6 Å². The number of aliphatic hydroxyl groups is 1. The molecule has 1 fully saturated rings. The lowest BCUT2D eigenvalue weighted by molar-refractivity contribution is -0.132. The summed E-state index contributed by atoms with van der Waals surface area (Å²) in [6.07, 6.45) is -0.101. The van der Waals surface area contributed by atoms with Crippen LogP contribution in [0.2, 0.25) is 0 Å². The summed E-state index contributed by atoms with van der Waals surface area (Å²) < 4.78 is 1.00. The second-order valence-electron chi connectivity index (χ2n) is 4.60. The van der Waals surface area contributed by atoms with Crippen molar-refractivity contribution in [1.29, 1.82) is 0 Å². The van der Waals surface area contributed by atoms with Crippen molar-refractivity contribution in [2.75, 3.05) is 20.1 Å². The normalized spacial score (nSPS) is 23.1. The van der Waals surface area contributed by atoms with E-state index in [9.17, 15) is 9.90 Å². The third kappa shape index (κ3) is 3.10. The molecule has 1 saturated heterocycles. The maximum atomic E-state index is 12.1. The fraction of sp³-hybridized carbons (Fsp3) is 0.462. The number of aliphatic hydroxyl groups excluding tert-OH is 1. The molecule has 2 N–H and O–H groups in total. The molecule has 1 amide bonds. The van der Waals surface area contributed by atoms with E-state index in [1.54, 1.807) is 11.9 Å². The number of halogens is 1. The highest BCUT2D eigenvalue weighted by Crippen LogP contribution is 2.13. The fourth-order valence-electron chi connectivity index (χ4n) is 2.13. The monoisotopic (exact) mass is 312 g/mol. The maximum Gasteiger partial charge on any atom is 0.227 e. The number of carbonyl (C=O) groups excluding carboxylic acids is 1. The zero-order chi connectivity index (χ0) is 13.1. The van der Waals surface area contributed by atoms with Crippen molar-refractivity contribution >= 4 is 21.8 Å². The Morgan fingerprint density at radius 1 is 1.44 bits per heavy atom. The van der Waals surface area contributed by atoms with Gasteiger partial charge in [-0.1, -0.05) is 28.1 Å². The van der Waals surface area contributed by atoms with E-state index >= 15 is 0 Å². The van der Waals surface area contributed by atoms with Gasteiger partial charge in [-0.05, 0) is 17.7 Å². The topological polar surface area (TPSA) is 52.6 Å². The first-order valence-electron chi connectivity index (χ1n) is 5.97. The predicted molar refractivity (Wildman–Crippen MR) is 73.3 cm³/mol. The molecule has 1 aromatic carbocycles. The SMILES string of the molecule is CN(C(=O)Cc1ccc(Br)cc1)[C@@H]1CNC[C@H]1O. The average Bonchev–Trinajstić information content (AvgIpc) is 2.77. The van der Waals surface area contributed by atoms with E-state index in [0.29, 0.717) is 19.5 Å². The minimum Gasteiger partial charge on any atom is -0.390 e. The van der Waals surface area contributed by atoms with Gasteiger partial charge in [0, 0.05) is 24.6 Å². The highest BCUT2D eigenvalue weighted by molar-refractivity contribution is 9.10. The Kier molecular flexibility index (Phi) is 4.37. The summed E-state index contributed by atoms with van der Waals surface area (Å²) in [5.74, 6) is 0.0325. The van der Waals surface area contributed by atoms with E-state index < -0.39 is 6.10 Å². The smallest absolute Gasteiger partial charge is 0.227 e. The van der Waals surface area contributed by atoms with Crippen LogP contribution in [0.4, 0.5) is 0 Å². The number of carbonyl (C=O) groups is 1. The molecule has 4 nitrogen and oxygen atoms in total.